The van der Waals surface area contributed by atoms with E-state index in [0.29, 0.717) is 0 Å². The van der Waals surface area contributed by atoms with E-state index >= 15 is 0 Å². The number of aromatic nitrogens is 3. The van der Waals surface area contributed by atoms with Crippen LogP contribution in [0.2, 0.25) is 0 Å². The lowest BCUT2D eigenvalue weighted by atomic mass is 10.0. The summed E-state index contributed by atoms with van der Waals surface area (Å²) in [5.41, 5.74) is 11.6. The Balaban J connectivity index is 1.68. The summed E-state index contributed by atoms with van der Waals surface area (Å²) in [6.07, 6.45) is 6.76. The summed E-state index contributed by atoms with van der Waals surface area (Å²) in [5.74, 6) is 0. The lowest BCUT2D eigenvalue weighted by molar-refractivity contribution is 0.752. The van der Waals surface area contributed by atoms with Crippen molar-refractivity contribution >= 4 is 27.6 Å². The molecule has 1 aromatic carbocycles. The van der Waals surface area contributed by atoms with E-state index in [1.165, 1.54) is 16.6 Å². The van der Waals surface area contributed by atoms with Gasteiger partial charge in [-0.1, -0.05) is 6.07 Å². The van der Waals surface area contributed by atoms with Gasteiger partial charge in [0.25, 0.3) is 0 Å². The predicted octanol–water partition coefficient (Wildman–Crippen LogP) is 3.32. The highest BCUT2D eigenvalue weighted by Crippen LogP contribution is 2.34. The van der Waals surface area contributed by atoms with Crippen molar-refractivity contribution in [2.24, 2.45) is 5.73 Å². The van der Waals surface area contributed by atoms with Gasteiger partial charge in [0.05, 0.1) is 5.52 Å². The first-order valence-corrected chi connectivity index (χ1v) is 8.61. The lowest BCUT2D eigenvalue weighted by Gasteiger charge is -2.20. The molecule has 0 bridgehead atoms. The normalized spacial score (nSPS) is 17.6. The SMILES string of the molecule is N[C@H]1CCN(c2ccnc3ccc(-c4c[nH]c5ncccc45)cc23)C1. The van der Waals surface area contributed by atoms with Gasteiger partial charge >= 0.3 is 0 Å². The molecular formula is C20H19N5. The summed E-state index contributed by atoms with van der Waals surface area (Å²) >= 11 is 0. The number of nitrogens with zero attached hydrogens (tertiary/aromatic N) is 3. The first-order chi connectivity index (χ1) is 12.3. The highest BCUT2D eigenvalue weighted by atomic mass is 15.2. The van der Waals surface area contributed by atoms with Gasteiger partial charge in [0, 0.05) is 59.7 Å². The third-order valence-corrected chi connectivity index (χ3v) is 5.05. The number of aromatic amines is 1. The maximum Gasteiger partial charge on any atom is 0.137 e. The Bertz CT molecular complexity index is 1070. The Labute approximate surface area is 145 Å². The molecule has 0 spiro atoms. The Kier molecular flexibility index (Phi) is 3.21. The largest absolute Gasteiger partial charge is 0.369 e. The lowest BCUT2D eigenvalue weighted by Crippen LogP contribution is -2.26. The summed E-state index contributed by atoms with van der Waals surface area (Å²) in [6.45, 7) is 1.90. The monoisotopic (exact) mass is 329 g/mol. The van der Waals surface area contributed by atoms with Crippen molar-refractivity contribution in [2.45, 2.75) is 12.5 Å². The third-order valence-electron chi connectivity index (χ3n) is 5.05. The van der Waals surface area contributed by atoms with Gasteiger partial charge in [-0.05, 0) is 42.3 Å². The number of nitrogens with two attached hydrogens (primary N) is 1. The molecule has 1 aliphatic rings. The van der Waals surface area contributed by atoms with E-state index in [4.69, 9.17) is 5.73 Å². The molecule has 5 rings (SSSR count). The van der Waals surface area contributed by atoms with Gasteiger partial charge in [-0.15, -0.1) is 0 Å². The molecular weight excluding hydrogens is 310 g/mol. The highest BCUT2D eigenvalue weighted by Gasteiger charge is 2.21. The van der Waals surface area contributed by atoms with Gasteiger partial charge in [-0.3, -0.25) is 4.98 Å². The van der Waals surface area contributed by atoms with Crippen LogP contribution in [0.15, 0.2) is 55.0 Å². The molecule has 1 fully saturated rings. The summed E-state index contributed by atoms with van der Waals surface area (Å²) in [6, 6.07) is 12.9. The minimum atomic E-state index is 0.256. The zero-order valence-electron chi connectivity index (χ0n) is 13.8. The Morgan fingerprint density at radius 1 is 1.08 bits per heavy atom. The molecule has 0 saturated carbocycles. The van der Waals surface area contributed by atoms with Crippen LogP contribution in [0.3, 0.4) is 0 Å². The highest BCUT2D eigenvalue weighted by molar-refractivity contribution is 5.99. The van der Waals surface area contributed by atoms with Crippen LogP contribution in [-0.4, -0.2) is 34.1 Å². The van der Waals surface area contributed by atoms with Crippen molar-refractivity contribution in [2.75, 3.05) is 18.0 Å². The van der Waals surface area contributed by atoms with Crippen molar-refractivity contribution in [3.8, 4) is 11.1 Å². The van der Waals surface area contributed by atoms with Crippen molar-refractivity contribution < 1.29 is 0 Å². The predicted molar refractivity (Wildman–Crippen MR) is 102 cm³/mol. The van der Waals surface area contributed by atoms with Gasteiger partial charge < -0.3 is 15.6 Å². The van der Waals surface area contributed by atoms with E-state index in [2.05, 4.69) is 50.2 Å². The summed E-state index contributed by atoms with van der Waals surface area (Å²) in [7, 11) is 0. The molecule has 5 nitrogen and oxygen atoms in total. The van der Waals surface area contributed by atoms with Crippen molar-refractivity contribution in [1.29, 1.82) is 0 Å². The minimum absolute atomic E-state index is 0.256. The second-order valence-electron chi connectivity index (χ2n) is 6.66. The third kappa shape index (κ3) is 2.36. The van der Waals surface area contributed by atoms with Gasteiger partial charge in [-0.2, -0.15) is 0 Å². The quantitative estimate of drug-likeness (QED) is 0.592. The fourth-order valence-electron chi connectivity index (χ4n) is 3.78. The van der Waals surface area contributed by atoms with E-state index in [1.807, 2.05) is 24.7 Å². The molecule has 0 aliphatic carbocycles. The summed E-state index contributed by atoms with van der Waals surface area (Å²) in [5, 5.41) is 2.31. The van der Waals surface area contributed by atoms with Crippen LogP contribution in [0, 0.1) is 0 Å². The van der Waals surface area contributed by atoms with Crippen LogP contribution in [0.4, 0.5) is 5.69 Å². The van der Waals surface area contributed by atoms with Crippen LogP contribution in [0.25, 0.3) is 33.1 Å². The van der Waals surface area contributed by atoms with Crippen LogP contribution in [-0.2, 0) is 0 Å². The maximum absolute atomic E-state index is 6.11. The maximum atomic E-state index is 6.11. The molecule has 3 aromatic heterocycles. The topological polar surface area (TPSA) is 70.8 Å². The average molecular weight is 329 g/mol. The summed E-state index contributed by atoms with van der Waals surface area (Å²) in [4.78, 5) is 14.6. The summed E-state index contributed by atoms with van der Waals surface area (Å²) < 4.78 is 0. The smallest absolute Gasteiger partial charge is 0.137 e. The molecule has 5 heteroatoms. The standard InChI is InChI=1S/C20H19N5/c21-14-6-9-25(12-14)19-5-8-22-18-4-3-13(10-16(18)19)17-11-24-20-15(17)2-1-7-23-20/h1-5,7-8,10-11,14H,6,9,12,21H2,(H,23,24)/t14-/m0/s1. The molecule has 0 unspecified atom stereocenters. The number of hydrogen-bond donors (Lipinski definition) is 2. The van der Waals surface area contributed by atoms with Gasteiger partial charge in [0.2, 0.25) is 0 Å². The van der Waals surface area contributed by atoms with Crippen LogP contribution < -0.4 is 10.6 Å². The van der Waals surface area contributed by atoms with Crippen LogP contribution >= 0.6 is 0 Å². The van der Waals surface area contributed by atoms with Crippen molar-refractivity contribution in [3.05, 3.63) is 55.0 Å². The van der Waals surface area contributed by atoms with Crippen molar-refractivity contribution in [3.63, 3.8) is 0 Å². The van der Waals surface area contributed by atoms with Gasteiger partial charge in [0.15, 0.2) is 0 Å². The van der Waals surface area contributed by atoms with Crippen LogP contribution in [0.1, 0.15) is 6.42 Å². The van der Waals surface area contributed by atoms with Gasteiger partial charge in [-0.25, -0.2) is 4.98 Å². The number of benzene rings is 1. The van der Waals surface area contributed by atoms with Crippen molar-refractivity contribution in [1.82, 2.24) is 15.0 Å². The zero-order valence-corrected chi connectivity index (χ0v) is 13.8. The van der Waals surface area contributed by atoms with E-state index < -0.39 is 0 Å². The van der Waals surface area contributed by atoms with E-state index in [-0.39, 0.29) is 6.04 Å². The molecule has 1 aliphatic heterocycles. The Morgan fingerprint density at radius 2 is 2.04 bits per heavy atom. The number of nitrogens with one attached hydrogen (secondary N) is 1. The van der Waals surface area contributed by atoms with E-state index in [9.17, 15) is 0 Å². The number of anilines is 1. The molecule has 0 amide bonds. The molecule has 3 N–H and O–H groups in total. The Morgan fingerprint density at radius 3 is 2.92 bits per heavy atom. The first kappa shape index (κ1) is 14.4. The van der Waals surface area contributed by atoms with E-state index in [1.54, 1.807) is 0 Å². The fourth-order valence-corrected chi connectivity index (χ4v) is 3.78. The zero-order chi connectivity index (χ0) is 16.8. The van der Waals surface area contributed by atoms with Gasteiger partial charge in [0.1, 0.15) is 5.65 Å². The molecule has 124 valence electrons. The number of fused-ring (bicyclic) bond motifs is 2. The second-order valence-corrected chi connectivity index (χ2v) is 6.66. The fraction of sp³-hybridized carbons (Fsp3) is 0.200. The second kappa shape index (κ2) is 5.57. The molecule has 1 atom stereocenters. The molecule has 4 heterocycles. The average Bonchev–Trinajstić information content (AvgIpc) is 3.27. The number of H-pyrrole nitrogens is 1. The van der Waals surface area contributed by atoms with Crippen LogP contribution in [0.5, 0.6) is 0 Å². The molecule has 1 saturated heterocycles. The number of rotatable bonds is 2. The first-order valence-electron chi connectivity index (χ1n) is 8.61. The number of pyridine rings is 2. The number of hydrogen-bond acceptors (Lipinski definition) is 4. The molecule has 25 heavy (non-hydrogen) atoms. The molecule has 4 aromatic rings. The van der Waals surface area contributed by atoms with E-state index in [0.717, 1.165) is 41.6 Å². The minimum Gasteiger partial charge on any atom is -0.369 e. The Hall–Kier alpha value is -2.92. The molecule has 0 radical (unpaired) electrons.